The first-order valence-corrected chi connectivity index (χ1v) is 22.0. The van der Waals surface area contributed by atoms with Gasteiger partial charge < -0.3 is 18.9 Å². The summed E-state index contributed by atoms with van der Waals surface area (Å²) in [4.78, 5) is 29.3. The Hall–Kier alpha value is -4.34. The Labute approximate surface area is 358 Å². The second-order valence-electron chi connectivity index (χ2n) is 15.2. The highest BCUT2D eigenvalue weighted by atomic mass is 35.5. The van der Waals surface area contributed by atoms with Crippen LogP contribution >= 0.6 is 23.2 Å². The Morgan fingerprint density at radius 2 is 1.70 bits per heavy atom. The van der Waals surface area contributed by atoms with Crippen molar-refractivity contribution >= 4 is 45.2 Å². The number of piperidine rings is 3. The largest absolute Gasteiger partial charge is 0.489 e. The number of carbonyl (C=O) groups excluding carboxylic acids is 2. The Morgan fingerprint density at radius 1 is 0.983 bits per heavy atom. The summed E-state index contributed by atoms with van der Waals surface area (Å²) in [5, 5.41) is 0.555. The molecule has 1 aliphatic carbocycles. The maximum atomic E-state index is 14.4. The van der Waals surface area contributed by atoms with Crippen LogP contribution in [0.4, 0.5) is 13.2 Å². The van der Waals surface area contributed by atoms with E-state index in [4.69, 9.17) is 42.1 Å². The van der Waals surface area contributed by atoms with Crippen LogP contribution in [-0.4, -0.2) is 64.2 Å². The predicted molar refractivity (Wildman–Crippen MR) is 221 cm³/mol. The maximum Gasteiger partial charge on any atom is 0.387 e. The number of allylic oxidation sites excluding steroid dienone is 4. The summed E-state index contributed by atoms with van der Waals surface area (Å²) in [7, 11) is -4.46. The third kappa shape index (κ3) is 11.9. The number of benzene rings is 3. The number of nitrogens with one attached hydrogen (secondary N) is 1. The van der Waals surface area contributed by atoms with E-state index in [0.717, 1.165) is 44.8 Å². The Balaban J connectivity index is 1.25. The number of hydrogen-bond donors (Lipinski definition) is 1. The van der Waals surface area contributed by atoms with Gasteiger partial charge in [-0.1, -0.05) is 60.5 Å². The lowest BCUT2D eigenvalue weighted by molar-refractivity contribution is -0.161. The van der Waals surface area contributed by atoms with Crippen molar-refractivity contribution in [2.45, 2.75) is 82.1 Å². The van der Waals surface area contributed by atoms with Gasteiger partial charge in [-0.25, -0.2) is 22.4 Å². The number of alkyl halides is 2. The lowest BCUT2D eigenvalue weighted by Gasteiger charge is -2.44. The molecular weight excluding hydrogens is 844 g/mol. The summed E-state index contributed by atoms with van der Waals surface area (Å²) in [5.41, 5.74) is 1.50. The fourth-order valence-corrected chi connectivity index (χ4v) is 8.87. The summed E-state index contributed by atoms with van der Waals surface area (Å²) in [6.07, 6.45) is 4.25. The average Bonchev–Trinajstić information content (AvgIpc) is 4.06. The number of rotatable bonds is 19. The minimum atomic E-state index is -4.46. The zero-order valence-electron chi connectivity index (χ0n) is 33.2. The molecule has 60 heavy (non-hydrogen) atoms. The number of ether oxygens (including phenoxy) is 4. The molecule has 1 N–H and O–H groups in total. The van der Waals surface area contributed by atoms with Crippen LogP contribution in [0, 0.1) is 17.7 Å². The number of fused-ring (bicyclic) bond motifs is 3. The van der Waals surface area contributed by atoms with E-state index in [9.17, 15) is 31.2 Å². The Bertz CT molecular complexity index is 2220. The first-order chi connectivity index (χ1) is 28.6. The van der Waals surface area contributed by atoms with Crippen molar-refractivity contribution in [3.05, 3.63) is 123 Å². The van der Waals surface area contributed by atoms with Gasteiger partial charge in [-0.3, -0.25) is 4.90 Å². The van der Waals surface area contributed by atoms with Crippen LogP contribution in [-0.2, 0) is 24.3 Å². The third-order valence-corrected chi connectivity index (χ3v) is 12.8. The van der Waals surface area contributed by atoms with Crippen molar-refractivity contribution in [3.8, 4) is 11.5 Å². The summed E-state index contributed by atoms with van der Waals surface area (Å²) in [6, 6.07) is 12.5. The smallest absolute Gasteiger partial charge is 0.387 e. The first-order valence-electron chi connectivity index (χ1n) is 19.7. The van der Waals surface area contributed by atoms with Crippen LogP contribution in [0.5, 0.6) is 11.5 Å². The van der Waals surface area contributed by atoms with Crippen LogP contribution < -0.4 is 14.2 Å². The van der Waals surface area contributed by atoms with E-state index in [2.05, 4.69) is 16.2 Å². The highest BCUT2D eigenvalue weighted by Crippen LogP contribution is 2.40. The van der Waals surface area contributed by atoms with Crippen molar-refractivity contribution in [2.75, 3.05) is 26.2 Å². The molecule has 3 aliphatic heterocycles. The number of hydrogen-bond acceptors (Lipinski definition) is 9. The van der Waals surface area contributed by atoms with Gasteiger partial charge in [-0.2, -0.15) is 13.5 Å². The zero-order valence-corrected chi connectivity index (χ0v) is 35.5. The normalized spacial score (nSPS) is 20.5. The quantitative estimate of drug-likeness (QED) is 0.0927. The maximum absolute atomic E-state index is 14.4. The van der Waals surface area contributed by atoms with Crippen LogP contribution in [0.2, 0.25) is 0 Å². The SMILES string of the molecule is C=C(/C=C(Cl)\C(C[C@H](OC(=O)c1ccc(S(=O)(=O)NC(C(=O)O[C@H]2CN3CCC2CC3)c2cccc(F)c2)cc1)c1ccc(OC(F)F)c(OCC2CC2)c1)=C(/C)Cl)CC. The van der Waals surface area contributed by atoms with Crippen LogP contribution in [0.1, 0.15) is 86.0 Å². The molecule has 0 spiro atoms. The minimum Gasteiger partial charge on any atom is -0.489 e. The molecular formula is C44H47Cl2F3N2O8S. The van der Waals surface area contributed by atoms with Gasteiger partial charge in [0.1, 0.15) is 24.1 Å². The highest BCUT2D eigenvalue weighted by molar-refractivity contribution is 7.89. The fourth-order valence-electron chi connectivity index (χ4n) is 7.10. The number of esters is 2. The molecule has 10 nitrogen and oxygen atoms in total. The van der Waals surface area contributed by atoms with E-state index < -0.39 is 52.6 Å². The van der Waals surface area contributed by atoms with Gasteiger partial charge in [0.05, 0.1) is 17.1 Å². The molecule has 7 rings (SSSR count). The summed E-state index contributed by atoms with van der Waals surface area (Å²) >= 11 is 13.2. The highest BCUT2D eigenvalue weighted by Gasteiger charge is 2.39. The van der Waals surface area contributed by atoms with Gasteiger partial charge in [-0.15, -0.1) is 0 Å². The minimum absolute atomic E-state index is 0.0288. The van der Waals surface area contributed by atoms with Crippen LogP contribution in [0.3, 0.4) is 0 Å². The van der Waals surface area contributed by atoms with E-state index in [-0.39, 0.29) is 57.4 Å². The molecule has 3 saturated heterocycles. The molecule has 4 fully saturated rings. The van der Waals surface area contributed by atoms with E-state index >= 15 is 0 Å². The van der Waals surface area contributed by atoms with Crippen LogP contribution in [0.15, 0.2) is 105 Å². The molecule has 4 aliphatic rings. The fraction of sp³-hybridized carbons (Fsp3) is 0.409. The molecule has 1 saturated carbocycles. The van der Waals surface area contributed by atoms with Crippen LogP contribution in [0.25, 0.3) is 0 Å². The standard InChI is InChI=1S/C44H47Cl2F3N2O8S/c1-4-26(2)20-36(46)35(27(3)45)23-38(31-12-15-37(59-44(48)49)39(22-31)56-25-28-8-9-28)57-42(52)30-10-13-34(14-11-30)60(54,55)50-41(32-6-5-7-33(47)21-32)43(53)58-40-24-51-18-16-29(40)17-19-51/h5-7,10-15,20-22,28-29,38,40-41,44,50H,2,4,8-9,16-19,23-25H2,1,3H3/b35-27+,36-20+/t38-,40-,41?/m0/s1. The van der Waals surface area contributed by atoms with Crippen molar-refractivity contribution in [1.29, 1.82) is 0 Å². The van der Waals surface area contributed by atoms with E-state index in [1.165, 1.54) is 60.7 Å². The summed E-state index contributed by atoms with van der Waals surface area (Å²) in [6.45, 7) is 6.99. The monoisotopic (exact) mass is 890 g/mol. The van der Waals surface area contributed by atoms with Gasteiger partial charge >= 0.3 is 18.6 Å². The molecule has 3 aromatic carbocycles. The number of nitrogens with zero attached hydrogens (tertiary/aromatic N) is 1. The second kappa shape index (κ2) is 20.0. The summed E-state index contributed by atoms with van der Waals surface area (Å²) < 4.78 is 93.5. The van der Waals surface area contributed by atoms with E-state index in [1.54, 1.807) is 13.0 Å². The molecule has 0 amide bonds. The average molecular weight is 892 g/mol. The molecule has 16 heteroatoms. The predicted octanol–water partition coefficient (Wildman–Crippen LogP) is 9.76. The number of sulfonamides is 1. The van der Waals surface area contributed by atoms with Crippen molar-refractivity contribution in [2.24, 2.45) is 11.8 Å². The zero-order chi connectivity index (χ0) is 43.1. The molecule has 2 bridgehead atoms. The Kier molecular flexibility index (Phi) is 15.1. The van der Waals surface area contributed by atoms with Crippen molar-refractivity contribution in [1.82, 2.24) is 9.62 Å². The first kappa shape index (κ1) is 45.2. The molecule has 0 aromatic heterocycles. The van der Waals surface area contributed by atoms with Crippen molar-refractivity contribution < 1.29 is 50.1 Å². The lowest BCUT2D eigenvalue weighted by atomic mass is 9.86. The molecule has 322 valence electrons. The number of halogens is 5. The number of carbonyl (C=O) groups is 2. The molecule has 0 radical (unpaired) electrons. The topological polar surface area (TPSA) is 120 Å². The second-order valence-corrected chi connectivity index (χ2v) is 17.9. The molecule has 3 atom stereocenters. The third-order valence-electron chi connectivity index (χ3n) is 10.8. The molecule has 1 unspecified atom stereocenters. The van der Waals surface area contributed by atoms with E-state index in [0.29, 0.717) is 34.7 Å². The van der Waals surface area contributed by atoms with Gasteiger partial charge in [0.2, 0.25) is 10.0 Å². The lowest BCUT2D eigenvalue weighted by Crippen LogP contribution is -2.52. The Morgan fingerprint density at radius 3 is 2.30 bits per heavy atom. The molecule has 3 heterocycles. The summed E-state index contributed by atoms with van der Waals surface area (Å²) in [5.74, 6) is -2.13. The van der Waals surface area contributed by atoms with Gasteiger partial charge in [-0.05, 0) is 135 Å². The molecule has 3 aromatic rings. The van der Waals surface area contributed by atoms with Gasteiger partial charge in [0, 0.05) is 23.0 Å². The van der Waals surface area contributed by atoms with Crippen molar-refractivity contribution in [3.63, 3.8) is 0 Å². The van der Waals surface area contributed by atoms with E-state index in [1.807, 2.05) is 6.92 Å². The van der Waals surface area contributed by atoms with Gasteiger partial charge in [0.25, 0.3) is 0 Å². The van der Waals surface area contributed by atoms with Gasteiger partial charge in [0.15, 0.2) is 11.5 Å².